The van der Waals surface area contributed by atoms with Gasteiger partial charge in [0.1, 0.15) is 35.1 Å². The van der Waals surface area contributed by atoms with Gasteiger partial charge in [-0.3, -0.25) is 9.97 Å². The van der Waals surface area contributed by atoms with E-state index in [1.165, 1.54) is 79.2 Å². The van der Waals surface area contributed by atoms with Crippen LogP contribution in [0.15, 0.2) is 147 Å². The van der Waals surface area contributed by atoms with Crippen molar-refractivity contribution in [2.45, 2.75) is 142 Å². The number of rotatable bonds is 12. The summed E-state index contributed by atoms with van der Waals surface area (Å²) < 4.78 is 9.02. The molecule has 532 valence electrons. The van der Waals surface area contributed by atoms with Crippen molar-refractivity contribution < 1.29 is 20.4 Å². The average molecular weight is 1450 g/mol. The van der Waals surface area contributed by atoms with E-state index in [4.69, 9.17) is 46.4 Å². The number of hydrogen-bond donors (Lipinski definition) is 4. The third-order valence-corrected chi connectivity index (χ3v) is 21.9. The van der Waals surface area contributed by atoms with Gasteiger partial charge in [-0.2, -0.15) is 0 Å². The van der Waals surface area contributed by atoms with Crippen LogP contribution in [0.5, 0.6) is 0 Å². The van der Waals surface area contributed by atoms with Crippen LogP contribution in [0.3, 0.4) is 0 Å². The summed E-state index contributed by atoms with van der Waals surface area (Å²) in [5.41, 5.74) is 15.9. The molecule has 18 nitrogen and oxygen atoms in total. The minimum Gasteiger partial charge on any atom is -0.384 e. The smallest absolute Gasteiger partial charge is 0.115 e. The third-order valence-electron chi connectivity index (χ3n) is 20.9. The minimum atomic E-state index is -1.05. The summed E-state index contributed by atoms with van der Waals surface area (Å²) >= 11 is 25.0. The summed E-state index contributed by atoms with van der Waals surface area (Å²) in [6, 6.07) is 31.9. The molecule has 12 heterocycles. The second-order valence-corrected chi connectivity index (χ2v) is 31.1. The molecular formula is C80H90Cl4N14O4. The standard InChI is InChI=1S/2C21H24ClN3O.2C19H21ClN4O/c2*1-14-4-5-15(11-23-14)21(2,26)13-25-19-7-6-16(22)10-17(19)18-12-24(3)9-8-20(18)25;2*1-19(25,13-8-21-12-22-9-13)11-24-17-4-3-14(20)7-15(17)16-10-23(2)6-5-18(16)24/h2*4-7,10-11,26H,8-9,12-13H2,1-3H3;2*3-4,7-9,12,25H,5-6,10-11H2,1-2H3/t2*21-;2*19-/m1010/s1. The van der Waals surface area contributed by atoms with Gasteiger partial charge < -0.3 is 58.3 Å². The number of fused-ring (bicyclic) bond motifs is 12. The van der Waals surface area contributed by atoms with E-state index < -0.39 is 22.4 Å². The predicted octanol–water partition coefficient (Wildman–Crippen LogP) is 13.7. The number of halogens is 4. The Hall–Kier alpha value is -7.66. The van der Waals surface area contributed by atoms with Crippen LogP contribution >= 0.6 is 46.4 Å². The van der Waals surface area contributed by atoms with Gasteiger partial charge in [0.15, 0.2) is 0 Å². The maximum atomic E-state index is 11.2. The van der Waals surface area contributed by atoms with Crippen molar-refractivity contribution in [1.82, 2.24) is 67.8 Å². The van der Waals surface area contributed by atoms with E-state index in [1.807, 2.05) is 126 Å². The highest BCUT2D eigenvalue weighted by Crippen LogP contribution is 2.40. The van der Waals surface area contributed by atoms with Gasteiger partial charge in [-0.15, -0.1) is 0 Å². The Morgan fingerprint density at radius 3 is 0.824 bits per heavy atom. The van der Waals surface area contributed by atoms with Gasteiger partial charge in [-0.1, -0.05) is 58.5 Å². The molecule has 4 aliphatic heterocycles. The second kappa shape index (κ2) is 29.5. The summed E-state index contributed by atoms with van der Waals surface area (Å²) in [7, 11) is 8.55. The summed E-state index contributed by atoms with van der Waals surface area (Å²) in [6.07, 6.45) is 17.1. The Labute approximate surface area is 616 Å². The van der Waals surface area contributed by atoms with Gasteiger partial charge in [0.2, 0.25) is 0 Å². The Balaban J connectivity index is 0.000000121. The normalized spacial score (nSPS) is 17.4. The zero-order valence-electron chi connectivity index (χ0n) is 59.7. The van der Waals surface area contributed by atoms with Crippen LogP contribution in [0.25, 0.3) is 43.6 Å². The fourth-order valence-electron chi connectivity index (χ4n) is 15.3. The molecule has 16 rings (SSSR count). The summed E-state index contributed by atoms with van der Waals surface area (Å²) in [4.78, 5) is 34.2. The van der Waals surface area contributed by atoms with E-state index in [2.05, 4.69) is 108 Å². The largest absolute Gasteiger partial charge is 0.384 e. The molecule has 4 atom stereocenters. The first-order valence-electron chi connectivity index (χ1n) is 34.8. The molecule has 4 aromatic carbocycles. The van der Waals surface area contributed by atoms with Crippen molar-refractivity contribution in [3.63, 3.8) is 0 Å². The van der Waals surface area contributed by atoms with Crippen LogP contribution < -0.4 is 0 Å². The number of aryl methyl sites for hydroxylation is 2. The van der Waals surface area contributed by atoms with E-state index >= 15 is 0 Å². The topological polar surface area (TPSA) is 191 Å². The molecule has 22 heteroatoms. The van der Waals surface area contributed by atoms with Crippen LogP contribution in [0.1, 0.15) is 106 Å². The molecule has 0 saturated heterocycles. The molecule has 0 spiro atoms. The summed E-state index contributed by atoms with van der Waals surface area (Å²) in [6.45, 7) is 20.8. The molecule has 4 aliphatic rings. The molecular weight excluding hydrogens is 1360 g/mol. The average Bonchev–Trinajstić information content (AvgIpc) is 1.62. The number of hydrogen-bond acceptors (Lipinski definition) is 14. The molecule has 4 N–H and O–H groups in total. The molecule has 0 saturated carbocycles. The van der Waals surface area contributed by atoms with Crippen molar-refractivity contribution in [2.75, 3.05) is 54.4 Å². The summed E-state index contributed by atoms with van der Waals surface area (Å²) in [5, 5.41) is 52.3. The zero-order valence-corrected chi connectivity index (χ0v) is 62.8. The maximum absolute atomic E-state index is 11.2. The van der Waals surface area contributed by atoms with Crippen LogP contribution in [0, 0.1) is 13.8 Å². The van der Waals surface area contributed by atoms with Crippen molar-refractivity contribution >= 4 is 90.0 Å². The highest BCUT2D eigenvalue weighted by atomic mass is 35.5. The van der Waals surface area contributed by atoms with E-state index in [-0.39, 0.29) is 0 Å². The van der Waals surface area contributed by atoms with E-state index in [9.17, 15) is 20.4 Å². The monoisotopic (exact) mass is 1450 g/mol. The van der Waals surface area contributed by atoms with Crippen LogP contribution in [0.4, 0.5) is 0 Å². The van der Waals surface area contributed by atoms with Crippen molar-refractivity contribution in [1.29, 1.82) is 0 Å². The third kappa shape index (κ3) is 15.3. The SMILES string of the molecule is CN1CCc2c(c3cc(Cl)ccc3n2C[C@@](C)(O)c2cncnc2)C1.CN1CCc2c(c3cc(Cl)ccc3n2C[C@](C)(O)c2cncnc2)C1.Cc1ccc([C@@](C)(O)Cn2c3c(c4cc(Cl)ccc42)CN(C)CC3)cn1.Cc1ccc([C@](C)(O)Cn2c3c(c4cc(Cl)ccc42)CN(C)CC3)cn1. The van der Waals surface area contributed by atoms with E-state index in [1.54, 1.807) is 37.2 Å². The van der Waals surface area contributed by atoms with E-state index in [0.717, 1.165) is 143 Å². The lowest BCUT2D eigenvalue weighted by atomic mass is 9.97. The van der Waals surface area contributed by atoms with Gasteiger partial charge in [0.25, 0.3) is 0 Å². The molecule has 0 bridgehead atoms. The lowest BCUT2D eigenvalue weighted by Crippen LogP contribution is -2.31. The van der Waals surface area contributed by atoms with Crippen molar-refractivity contribution in [3.05, 3.63) is 246 Å². The minimum absolute atomic E-state index is 0.456. The fraction of sp³-hybridized carbons (Fsp3) is 0.375. The van der Waals surface area contributed by atoms with Crippen LogP contribution in [-0.2, 0) is 100 Å². The van der Waals surface area contributed by atoms with Crippen LogP contribution in [0.2, 0.25) is 20.1 Å². The molecule has 102 heavy (non-hydrogen) atoms. The highest BCUT2D eigenvalue weighted by Gasteiger charge is 2.35. The first kappa shape index (κ1) is 72.7. The number of benzene rings is 4. The molecule has 0 aliphatic carbocycles. The van der Waals surface area contributed by atoms with Gasteiger partial charge in [0.05, 0.1) is 26.2 Å². The molecule has 0 radical (unpaired) electrons. The quantitative estimate of drug-likeness (QED) is 0.0903. The Morgan fingerprint density at radius 1 is 0.343 bits per heavy atom. The maximum Gasteiger partial charge on any atom is 0.115 e. The van der Waals surface area contributed by atoms with Gasteiger partial charge in [-0.25, -0.2) is 19.9 Å². The Morgan fingerprint density at radius 2 is 0.588 bits per heavy atom. The fourth-order valence-corrected chi connectivity index (χ4v) is 16.0. The van der Waals surface area contributed by atoms with Crippen LogP contribution in [-0.4, -0.2) is 143 Å². The van der Waals surface area contributed by atoms with Gasteiger partial charge in [0, 0.05) is 235 Å². The Kier molecular flexibility index (Phi) is 21.0. The number of aliphatic hydroxyl groups is 4. The number of likely N-dealkylation sites (N-methyl/N-ethyl adjacent to an activating group) is 4. The predicted molar refractivity (Wildman–Crippen MR) is 408 cm³/mol. The molecule has 0 amide bonds. The summed E-state index contributed by atoms with van der Waals surface area (Å²) in [5.74, 6) is 0. The zero-order chi connectivity index (χ0) is 72.2. The van der Waals surface area contributed by atoms with Crippen molar-refractivity contribution in [2.24, 2.45) is 0 Å². The molecule has 12 aromatic rings. The van der Waals surface area contributed by atoms with Crippen molar-refractivity contribution in [3.8, 4) is 0 Å². The van der Waals surface area contributed by atoms with Gasteiger partial charge >= 0.3 is 0 Å². The lowest BCUT2D eigenvalue weighted by molar-refractivity contribution is 0.0373. The Bertz CT molecular complexity index is 4700. The second-order valence-electron chi connectivity index (χ2n) is 29.4. The molecule has 0 fully saturated rings. The number of pyridine rings is 2. The highest BCUT2D eigenvalue weighted by molar-refractivity contribution is 6.32. The molecule has 8 aromatic heterocycles. The molecule has 0 unspecified atom stereocenters. The van der Waals surface area contributed by atoms with Gasteiger partial charge in [-0.05, 0) is 177 Å². The van der Waals surface area contributed by atoms with E-state index in [0.29, 0.717) is 37.3 Å². The number of nitrogens with zero attached hydrogens (tertiary/aromatic N) is 14. The lowest BCUT2D eigenvalue weighted by Gasteiger charge is -2.28. The first-order valence-corrected chi connectivity index (χ1v) is 36.3. The number of aromatic nitrogens is 10. The first-order chi connectivity index (χ1) is 48.6.